The molecule has 0 aliphatic rings. The monoisotopic (exact) mass is 363 g/mol. The summed E-state index contributed by atoms with van der Waals surface area (Å²) in [7, 11) is -3.92. The molecule has 0 aliphatic heterocycles. The highest BCUT2D eigenvalue weighted by Gasteiger charge is 2.16. The predicted octanol–water partition coefficient (Wildman–Crippen LogP) is 1.56. The van der Waals surface area contributed by atoms with E-state index in [-0.39, 0.29) is 16.6 Å². The third-order valence-corrected chi connectivity index (χ3v) is 5.06. The van der Waals surface area contributed by atoms with E-state index in [1.807, 2.05) is 18.2 Å². The topological polar surface area (TPSA) is 118 Å². The number of anilines is 1. The summed E-state index contributed by atoms with van der Waals surface area (Å²) in [6.45, 7) is 2.36. The van der Waals surface area contributed by atoms with Crippen molar-refractivity contribution in [2.45, 2.75) is 36.8 Å². The van der Waals surface area contributed by atoms with Gasteiger partial charge in [0.05, 0.1) is 11.8 Å². The van der Waals surface area contributed by atoms with E-state index < -0.39 is 16.1 Å². The van der Waals surface area contributed by atoms with Gasteiger partial charge in [-0.05, 0) is 43.0 Å². The molecule has 0 saturated carbocycles. The van der Waals surface area contributed by atoms with Crippen molar-refractivity contribution in [1.29, 1.82) is 0 Å². The number of aliphatic hydroxyl groups excluding tert-OH is 1. The number of primary sulfonamides is 1. The zero-order valence-corrected chi connectivity index (χ0v) is 15.0. The molecule has 0 spiro atoms. The molecule has 0 aliphatic carbocycles. The first-order valence-corrected chi connectivity index (χ1v) is 9.69. The molecule has 2 rings (SSSR count). The maximum atomic E-state index is 11.5. The van der Waals surface area contributed by atoms with Crippen molar-refractivity contribution in [2.24, 2.45) is 5.14 Å². The zero-order chi connectivity index (χ0) is 18.4. The number of nitrogens with one attached hydrogen (secondary N) is 1. The maximum absolute atomic E-state index is 11.5. The molecule has 0 radical (unpaired) electrons. The summed E-state index contributed by atoms with van der Waals surface area (Å²) >= 11 is 0. The van der Waals surface area contributed by atoms with Crippen LogP contribution in [-0.4, -0.2) is 26.1 Å². The highest BCUT2D eigenvalue weighted by molar-refractivity contribution is 7.89. The van der Waals surface area contributed by atoms with Gasteiger partial charge in [-0.3, -0.25) is 0 Å². The van der Waals surface area contributed by atoms with Crippen LogP contribution in [0.2, 0.25) is 0 Å². The van der Waals surface area contributed by atoms with Crippen LogP contribution in [0.3, 0.4) is 0 Å². The molecule has 0 saturated heterocycles. The minimum Gasteiger partial charge on any atom is -0.398 e. The van der Waals surface area contributed by atoms with E-state index in [4.69, 9.17) is 10.9 Å². The summed E-state index contributed by atoms with van der Waals surface area (Å²) in [4.78, 5) is -0.166. The first-order chi connectivity index (χ1) is 11.8. The number of rotatable bonds is 8. The molecule has 0 fully saturated rings. The van der Waals surface area contributed by atoms with Crippen molar-refractivity contribution in [3.63, 3.8) is 0 Å². The number of aryl methyl sites for hydroxylation is 1. The number of hydrogen-bond acceptors (Lipinski definition) is 5. The van der Waals surface area contributed by atoms with E-state index >= 15 is 0 Å². The fourth-order valence-electron chi connectivity index (χ4n) is 2.57. The number of nitrogen functional groups attached to an aromatic ring is 1. The Morgan fingerprint density at radius 1 is 1.16 bits per heavy atom. The highest BCUT2D eigenvalue weighted by Crippen LogP contribution is 2.22. The van der Waals surface area contributed by atoms with Gasteiger partial charge in [0.15, 0.2) is 0 Å². The second kappa shape index (κ2) is 8.44. The van der Waals surface area contributed by atoms with E-state index in [0.717, 1.165) is 12.8 Å². The lowest BCUT2D eigenvalue weighted by Crippen LogP contribution is -2.31. The average molecular weight is 363 g/mol. The van der Waals surface area contributed by atoms with Gasteiger partial charge in [0.25, 0.3) is 0 Å². The van der Waals surface area contributed by atoms with Crippen LogP contribution >= 0.6 is 0 Å². The first kappa shape index (κ1) is 19.4. The van der Waals surface area contributed by atoms with Gasteiger partial charge in [0.2, 0.25) is 10.0 Å². The Morgan fingerprint density at radius 2 is 1.84 bits per heavy atom. The van der Waals surface area contributed by atoms with Crippen LogP contribution in [0, 0.1) is 0 Å². The summed E-state index contributed by atoms with van der Waals surface area (Å²) in [6.07, 6.45) is 1.03. The van der Waals surface area contributed by atoms with Crippen molar-refractivity contribution in [3.05, 3.63) is 59.7 Å². The molecular weight excluding hydrogens is 338 g/mol. The van der Waals surface area contributed by atoms with E-state index in [1.54, 1.807) is 6.07 Å². The van der Waals surface area contributed by atoms with Gasteiger partial charge in [0, 0.05) is 12.6 Å². The first-order valence-electron chi connectivity index (χ1n) is 8.15. The molecule has 7 heteroatoms. The van der Waals surface area contributed by atoms with Crippen LogP contribution in [0.25, 0.3) is 0 Å². The summed E-state index contributed by atoms with van der Waals surface area (Å²) in [5.41, 5.74) is 7.44. The van der Waals surface area contributed by atoms with Crippen LogP contribution < -0.4 is 16.2 Å². The number of benzene rings is 2. The zero-order valence-electron chi connectivity index (χ0n) is 14.2. The molecule has 136 valence electrons. The van der Waals surface area contributed by atoms with E-state index in [0.29, 0.717) is 12.1 Å². The molecule has 0 bridgehead atoms. The van der Waals surface area contributed by atoms with Crippen LogP contribution in [0.5, 0.6) is 0 Å². The standard InChI is InChI=1S/C18H25N3O3S/c1-13(7-8-14-5-3-2-4-6-14)21-12-17(22)15-9-10-16(19)18(11-15)25(20,23)24/h2-6,9-11,13,17,21-22H,7-8,12,19H2,1H3,(H2,20,23,24). The SMILES string of the molecule is CC(CCc1ccccc1)NCC(O)c1ccc(N)c(S(N)(=O)=O)c1. The molecule has 2 atom stereocenters. The fourth-order valence-corrected chi connectivity index (χ4v) is 3.26. The predicted molar refractivity (Wildman–Crippen MR) is 99.4 cm³/mol. The minimum atomic E-state index is -3.92. The van der Waals surface area contributed by atoms with Crippen molar-refractivity contribution < 1.29 is 13.5 Å². The molecule has 6 nitrogen and oxygen atoms in total. The summed E-state index contributed by atoms with van der Waals surface area (Å²) < 4.78 is 23.0. The number of aliphatic hydroxyl groups is 1. The second-order valence-corrected chi connectivity index (χ2v) is 7.72. The molecule has 2 aromatic carbocycles. The normalized spacial score (nSPS) is 14.2. The van der Waals surface area contributed by atoms with E-state index in [1.165, 1.54) is 17.7 Å². The summed E-state index contributed by atoms with van der Waals surface area (Å²) in [5.74, 6) is 0. The molecule has 2 aromatic rings. The summed E-state index contributed by atoms with van der Waals surface area (Å²) in [5, 5.41) is 18.7. The van der Waals surface area contributed by atoms with Gasteiger partial charge in [-0.1, -0.05) is 36.4 Å². The van der Waals surface area contributed by atoms with Crippen LogP contribution in [0.15, 0.2) is 53.4 Å². The maximum Gasteiger partial charge on any atom is 0.240 e. The Balaban J connectivity index is 1.90. The van der Waals surface area contributed by atoms with Crippen LogP contribution in [-0.2, 0) is 16.4 Å². The van der Waals surface area contributed by atoms with E-state index in [2.05, 4.69) is 24.4 Å². The molecule has 0 amide bonds. The van der Waals surface area contributed by atoms with Crippen LogP contribution in [0.1, 0.15) is 30.6 Å². The van der Waals surface area contributed by atoms with Crippen molar-refractivity contribution in [1.82, 2.24) is 5.32 Å². The quantitative estimate of drug-likeness (QED) is 0.531. The molecule has 2 unspecified atom stereocenters. The van der Waals surface area contributed by atoms with Crippen molar-refractivity contribution in [2.75, 3.05) is 12.3 Å². The smallest absolute Gasteiger partial charge is 0.240 e. The lowest BCUT2D eigenvalue weighted by atomic mass is 10.1. The molecule has 0 aromatic heterocycles. The number of nitrogens with two attached hydrogens (primary N) is 2. The third kappa shape index (κ3) is 5.82. The number of sulfonamides is 1. The molecule has 25 heavy (non-hydrogen) atoms. The molecular formula is C18H25N3O3S. The van der Waals surface area contributed by atoms with Crippen LogP contribution in [0.4, 0.5) is 5.69 Å². The molecule has 0 heterocycles. The number of hydrogen-bond donors (Lipinski definition) is 4. The van der Waals surface area contributed by atoms with Crippen molar-refractivity contribution >= 4 is 15.7 Å². The highest BCUT2D eigenvalue weighted by atomic mass is 32.2. The Morgan fingerprint density at radius 3 is 2.48 bits per heavy atom. The van der Waals surface area contributed by atoms with Gasteiger partial charge < -0.3 is 16.2 Å². The van der Waals surface area contributed by atoms with Gasteiger partial charge in [-0.15, -0.1) is 0 Å². The lowest BCUT2D eigenvalue weighted by Gasteiger charge is -2.18. The molecule has 6 N–H and O–H groups in total. The van der Waals surface area contributed by atoms with Gasteiger partial charge in [-0.2, -0.15) is 0 Å². The fraction of sp³-hybridized carbons (Fsp3) is 0.333. The van der Waals surface area contributed by atoms with Gasteiger partial charge >= 0.3 is 0 Å². The Kier molecular flexibility index (Phi) is 6.55. The Hall–Kier alpha value is -1.93. The van der Waals surface area contributed by atoms with Crippen molar-refractivity contribution in [3.8, 4) is 0 Å². The average Bonchev–Trinajstić information content (AvgIpc) is 2.58. The Bertz CT molecular complexity index is 794. The van der Waals surface area contributed by atoms with Gasteiger partial charge in [0.1, 0.15) is 4.90 Å². The lowest BCUT2D eigenvalue weighted by molar-refractivity contribution is 0.170. The summed E-state index contributed by atoms with van der Waals surface area (Å²) in [6, 6.07) is 14.8. The van der Waals surface area contributed by atoms with E-state index in [9.17, 15) is 13.5 Å². The van der Waals surface area contributed by atoms with Gasteiger partial charge in [-0.25, -0.2) is 13.6 Å². The third-order valence-electron chi connectivity index (χ3n) is 4.10. The Labute approximate surface area is 148 Å². The second-order valence-electron chi connectivity index (χ2n) is 6.19. The minimum absolute atomic E-state index is 0.0719. The largest absolute Gasteiger partial charge is 0.398 e.